The number of ketones is 1. The van der Waals surface area contributed by atoms with Crippen LogP contribution in [0.25, 0.3) is 0 Å². The van der Waals surface area contributed by atoms with E-state index in [1.807, 2.05) is 42.6 Å². The molecule has 0 spiro atoms. The fraction of sp³-hybridized carbons (Fsp3) is 0.133. The van der Waals surface area contributed by atoms with Gasteiger partial charge in [0, 0.05) is 5.69 Å². The molecule has 2 heterocycles. The highest BCUT2D eigenvalue weighted by molar-refractivity contribution is 8.01. The van der Waals surface area contributed by atoms with E-state index in [0.717, 1.165) is 20.0 Å². The SMILES string of the molecule is Cc1cccc(Nc2nnc(SCC(=O)c3cccs3)s2)c1. The maximum atomic E-state index is 11.9. The number of nitrogens with zero attached hydrogens (tertiary/aromatic N) is 2. The van der Waals surface area contributed by atoms with Gasteiger partial charge in [0.15, 0.2) is 10.1 Å². The zero-order valence-electron chi connectivity index (χ0n) is 11.8. The number of Topliss-reactive ketones (excluding diaryl/α,β-unsaturated/α-hetero) is 1. The fourth-order valence-corrected chi connectivity index (χ4v) is 4.21. The first-order valence-corrected chi connectivity index (χ1v) is 9.25. The summed E-state index contributed by atoms with van der Waals surface area (Å²) in [5, 5.41) is 14.1. The average Bonchev–Trinajstić information content (AvgIpc) is 3.16. The normalized spacial score (nSPS) is 10.6. The molecule has 1 N–H and O–H groups in total. The van der Waals surface area contributed by atoms with E-state index >= 15 is 0 Å². The number of carbonyl (C=O) groups excluding carboxylic acids is 1. The molecular weight excluding hydrogens is 334 g/mol. The number of rotatable bonds is 6. The third-order valence-electron chi connectivity index (χ3n) is 2.80. The minimum atomic E-state index is 0.128. The van der Waals surface area contributed by atoms with E-state index in [1.54, 1.807) is 0 Å². The van der Waals surface area contributed by atoms with E-state index in [9.17, 15) is 4.79 Å². The molecule has 0 radical (unpaired) electrons. The van der Waals surface area contributed by atoms with E-state index in [1.165, 1.54) is 40.0 Å². The molecule has 4 nitrogen and oxygen atoms in total. The largest absolute Gasteiger partial charge is 0.330 e. The lowest BCUT2D eigenvalue weighted by atomic mass is 10.2. The van der Waals surface area contributed by atoms with Crippen molar-refractivity contribution in [3.8, 4) is 0 Å². The van der Waals surface area contributed by atoms with Crippen LogP contribution in [-0.4, -0.2) is 21.7 Å². The summed E-state index contributed by atoms with van der Waals surface area (Å²) in [6.07, 6.45) is 0. The number of carbonyl (C=O) groups is 1. The van der Waals surface area contributed by atoms with E-state index in [0.29, 0.717) is 5.75 Å². The number of thioether (sulfide) groups is 1. The molecule has 3 aromatic rings. The van der Waals surface area contributed by atoms with E-state index in [2.05, 4.69) is 21.6 Å². The van der Waals surface area contributed by atoms with Gasteiger partial charge in [-0.15, -0.1) is 21.5 Å². The lowest BCUT2D eigenvalue weighted by Gasteiger charge is -2.01. The van der Waals surface area contributed by atoms with E-state index in [-0.39, 0.29) is 5.78 Å². The van der Waals surface area contributed by atoms with Gasteiger partial charge in [0.2, 0.25) is 5.13 Å². The lowest BCUT2D eigenvalue weighted by Crippen LogP contribution is -1.98. The molecule has 0 aliphatic heterocycles. The van der Waals surface area contributed by atoms with Crippen LogP contribution in [0.3, 0.4) is 0 Å². The second kappa shape index (κ2) is 7.04. The summed E-state index contributed by atoms with van der Waals surface area (Å²) in [5.74, 6) is 0.517. The molecule has 2 aromatic heterocycles. The Hall–Kier alpha value is -1.70. The van der Waals surface area contributed by atoms with Crippen LogP contribution < -0.4 is 5.32 Å². The number of hydrogen-bond donors (Lipinski definition) is 1. The number of aromatic nitrogens is 2. The molecule has 7 heteroatoms. The van der Waals surface area contributed by atoms with Gasteiger partial charge in [0.25, 0.3) is 0 Å². The third-order valence-corrected chi connectivity index (χ3v) is 5.68. The van der Waals surface area contributed by atoms with Crippen molar-refractivity contribution in [2.75, 3.05) is 11.1 Å². The molecule has 0 unspecified atom stereocenters. The zero-order chi connectivity index (χ0) is 15.4. The van der Waals surface area contributed by atoms with Crippen molar-refractivity contribution in [3.63, 3.8) is 0 Å². The van der Waals surface area contributed by atoms with Gasteiger partial charge in [-0.2, -0.15) is 0 Å². The summed E-state index contributed by atoms with van der Waals surface area (Å²) in [6.45, 7) is 2.04. The minimum absolute atomic E-state index is 0.128. The Morgan fingerprint density at radius 2 is 2.18 bits per heavy atom. The smallest absolute Gasteiger partial charge is 0.210 e. The van der Waals surface area contributed by atoms with Crippen molar-refractivity contribution in [2.24, 2.45) is 0 Å². The first kappa shape index (κ1) is 15.2. The van der Waals surface area contributed by atoms with Crippen molar-refractivity contribution in [1.82, 2.24) is 10.2 Å². The average molecular weight is 347 g/mol. The van der Waals surface area contributed by atoms with Crippen LogP contribution in [-0.2, 0) is 0 Å². The van der Waals surface area contributed by atoms with Gasteiger partial charge < -0.3 is 5.32 Å². The standard InChI is InChI=1S/C15H13N3OS3/c1-10-4-2-5-11(8-10)16-14-17-18-15(22-14)21-9-12(19)13-6-3-7-20-13/h2-8H,9H2,1H3,(H,16,17). The quantitative estimate of drug-likeness (QED) is 0.520. The van der Waals surface area contributed by atoms with Crippen LogP contribution in [0.15, 0.2) is 46.1 Å². The van der Waals surface area contributed by atoms with Gasteiger partial charge in [-0.1, -0.05) is 41.3 Å². The molecule has 112 valence electrons. The topological polar surface area (TPSA) is 54.9 Å². The second-order valence-electron chi connectivity index (χ2n) is 4.56. The molecule has 0 saturated heterocycles. The van der Waals surface area contributed by atoms with Crippen LogP contribution in [0, 0.1) is 6.92 Å². The van der Waals surface area contributed by atoms with E-state index in [4.69, 9.17) is 0 Å². The Kier molecular flexibility index (Phi) is 4.87. The van der Waals surface area contributed by atoms with Crippen LogP contribution in [0.4, 0.5) is 10.8 Å². The summed E-state index contributed by atoms with van der Waals surface area (Å²) < 4.78 is 0.792. The van der Waals surface area contributed by atoms with E-state index < -0.39 is 0 Å². The molecule has 0 aliphatic rings. The summed E-state index contributed by atoms with van der Waals surface area (Å²) in [6, 6.07) is 11.8. The predicted octanol–water partition coefficient (Wildman–Crippen LogP) is 4.63. The number of thiophene rings is 1. The highest BCUT2D eigenvalue weighted by Crippen LogP contribution is 2.28. The summed E-state index contributed by atoms with van der Waals surface area (Å²) in [5.41, 5.74) is 2.17. The van der Waals surface area contributed by atoms with Crippen molar-refractivity contribution in [3.05, 3.63) is 52.2 Å². The molecule has 0 saturated carbocycles. The Bertz CT molecular complexity index is 768. The maximum Gasteiger partial charge on any atom is 0.210 e. The molecule has 0 fully saturated rings. The van der Waals surface area contributed by atoms with Crippen LogP contribution in [0.5, 0.6) is 0 Å². The molecule has 0 aliphatic carbocycles. The zero-order valence-corrected chi connectivity index (χ0v) is 14.2. The van der Waals surface area contributed by atoms with Crippen molar-refractivity contribution in [1.29, 1.82) is 0 Å². The maximum absolute atomic E-state index is 11.9. The molecule has 0 atom stereocenters. The molecule has 1 aromatic carbocycles. The van der Waals surface area contributed by atoms with Gasteiger partial charge in [0.05, 0.1) is 10.6 Å². The Morgan fingerprint density at radius 1 is 1.27 bits per heavy atom. The summed E-state index contributed by atoms with van der Waals surface area (Å²) in [7, 11) is 0. The summed E-state index contributed by atoms with van der Waals surface area (Å²) >= 11 is 4.34. The lowest BCUT2D eigenvalue weighted by molar-refractivity contribution is 0.102. The Balaban J connectivity index is 1.58. The highest BCUT2D eigenvalue weighted by Gasteiger charge is 2.10. The summed E-state index contributed by atoms with van der Waals surface area (Å²) in [4.78, 5) is 12.7. The first-order chi connectivity index (χ1) is 10.7. The Labute approximate surface area is 140 Å². The number of benzene rings is 1. The number of anilines is 2. The van der Waals surface area contributed by atoms with Crippen LogP contribution >= 0.6 is 34.4 Å². The number of hydrogen-bond acceptors (Lipinski definition) is 7. The molecule has 0 bridgehead atoms. The van der Waals surface area contributed by atoms with Gasteiger partial charge in [0.1, 0.15) is 0 Å². The van der Waals surface area contributed by atoms with Crippen LogP contribution in [0.1, 0.15) is 15.2 Å². The molecule has 22 heavy (non-hydrogen) atoms. The van der Waals surface area contributed by atoms with Crippen molar-refractivity contribution >= 4 is 51.0 Å². The van der Waals surface area contributed by atoms with Gasteiger partial charge >= 0.3 is 0 Å². The second-order valence-corrected chi connectivity index (χ2v) is 7.70. The van der Waals surface area contributed by atoms with Crippen molar-refractivity contribution < 1.29 is 4.79 Å². The van der Waals surface area contributed by atoms with Crippen LogP contribution in [0.2, 0.25) is 0 Å². The monoisotopic (exact) mass is 347 g/mol. The highest BCUT2D eigenvalue weighted by atomic mass is 32.2. The molecule has 3 rings (SSSR count). The molecular formula is C15H13N3OS3. The van der Waals surface area contributed by atoms with Crippen molar-refractivity contribution in [2.45, 2.75) is 11.3 Å². The van der Waals surface area contributed by atoms with Gasteiger partial charge in [-0.3, -0.25) is 4.79 Å². The fourth-order valence-electron chi connectivity index (χ4n) is 1.80. The minimum Gasteiger partial charge on any atom is -0.330 e. The predicted molar refractivity (Wildman–Crippen MR) is 93.7 cm³/mol. The van der Waals surface area contributed by atoms with Gasteiger partial charge in [-0.25, -0.2) is 0 Å². The third kappa shape index (κ3) is 3.94. The van der Waals surface area contributed by atoms with Gasteiger partial charge in [-0.05, 0) is 36.1 Å². The number of nitrogens with one attached hydrogen (secondary N) is 1. The first-order valence-electron chi connectivity index (χ1n) is 6.57. The Morgan fingerprint density at radius 3 is 2.95 bits per heavy atom. The molecule has 0 amide bonds. The number of aryl methyl sites for hydroxylation is 1.